The number of fused-ring (bicyclic) bond motifs is 5. The van der Waals surface area contributed by atoms with Crippen LogP contribution in [0, 0.1) is 35.1 Å². The molecule has 4 aliphatic rings. The van der Waals surface area contributed by atoms with Crippen molar-refractivity contribution in [2.75, 3.05) is 9.80 Å². The van der Waals surface area contributed by atoms with E-state index in [1.165, 1.54) is 72.8 Å². The molecule has 4 aromatic carbocycles. The Bertz CT molecular complexity index is 1780. The van der Waals surface area contributed by atoms with Crippen LogP contribution < -0.4 is 9.80 Å². The first-order chi connectivity index (χ1) is 22.2. The second-order valence-electron chi connectivity index (χ2n) is 11.7. The van der Waals surface area contributed by atoms with Gasteiger partial charge in [0.05, 0.1) is 35.3 Å². The fraction of sp³-hybridized carbons (Fsp3) is 0.176. The van der Waals surface area contributed by atoms with Gasteiger partial charge in [0, 0.05) is 0 Å². The molecule has 6 atom stereocenters. The Morgan fingerprint density at radius 2 is 0.652 bits per heavy atom. The summed E-state index contributed by atoms with van der Waals surface area (Å²) in [7, 11) is 0. The van der Waals surface area contributed by atoms with Gasteiger partial charge in [-0.3, -0.25) is 19.2 Å². The molecule has 4 heterocycles. The van der Waals surface area contributed by atoms with Crippen LogP contribution in [-0.2, 0) is 19.2 Å². The largest absolute Gasteiger partial charge is 0.274 e. The molecule has 0 N–H and O–H groups in total. The van der Waals surface area contributed by atoms with Crippen LogP contribution in [-0.4, -0.2) is 45.7 Å². The number of hydrogen-bond acceptors (Lipinski definition) is 6. The Labute approximate surface area is 259 Å². The molecule has 4 saturated heterocycles. The first-order valence-corrected chi connectivity index (χ1v) is 14.5. The Morgan fingerprint density at radius 3 is 0.957 bits per heavy atom. The van der Waals surface area contributed by atoms with Gasteiger partial charge in [-0.1, -0.05) is 24.3 Å². The molecule has 0 saturated carbocycles. The Morgan fingerprint density at radius 1 is 0.370 bits per heavy atom. The lowest BCUT2D eigenvalue weighted by Crippen LogP contribution is -2.50. The number of hydrazine groups is 1. The molecule has 46 heavy (non-hydrogen) atoms. The van der Waals surface area contributed by atoms with E-state index in [2.05, 4.69) is 0 Å². The van der Waals surface area contributed by atoms with Gasteiger partial charge < -0.3 is 0 Å². The van der Waals surface area contributed by atoms with Crippen molar-refractivity contribution in [1.82, 2.24) is 10.0 Å². The second kappa shape index (κ2) is 10.2. The Balaban J connectivity index is 1.32. The third-order valence-corrected chi connectivity index (χ3v) is 9.32. The zero-order chi connectivity index (χ0) is 32.0. The second-order valence-corrected chi connectivity index (χ2v) is 11.7. The SMILES string of the molecule is O=C1[C@@H]2[C@H](C(=O)N1c1ccc(F)cc1)N1[C@H](c3ccc(F)cc3)[C@@H]3C(=O)N(c4ccc(F)cc4)C(=O)[C@@H]3N1[C@H]2c1ccc(F)cc1. The van der Waals surface area contributed by atoms with Crippen molar-refractivity contribution in [3.05, 3.63) is 131 Å². The summed E-state index contributed by atoms with van der Waals surface area (Å²) < 4.78 is 55.8. The highest BCUT2D eigenvalue weighted by molar-refractivity contribution is 6.26. The van der Waals surface area contributed by atoms with E-state index in [9.17, 15) is 36.7 Å². The number of halogens is 4. The van der Waals surface area contributed by atoms with E-state index in [1.54, 1.807) is 10.0 Å². The summed E-state index contributed by atoms with van der Waals surface area (Å²) in [5.74, 6) is -7.00. The number of rotatable bonds is 4. The van der Waals surface area contributed by atoms with Gasteiger partial charge >= 0.3 is 0 Å². The molecule has 8 rings (SSSR count). The van der Waals surface area contributed by atoms with Crippen molar-refractivity contribution >= 4 is 35.0 Å². The van der Waals surface area contributed by atoms with Crippen LogP contribution in [0.25, 0.3) is 0 Å². The molecule has 0 aliphatic carbocycles. The van der Waals surface area contributed by atoms with Gasteiger partial charge in [0.2, 0.25) is 11.8 Å². The number of anilines is 2. The number of benzene rings is 4. The maximum absolute atomic E-state index is 14.3. The highest BCUT2D eigenvalue weighted by atomic mass is 19.1. The molecule has 4 amide bonds. The van der Waals surface area contributed by atoms with Gasteiger partial charge in [0.1, 0.15) is 35.4 Å². The minimum Gasteiger partial charge on any atom is -0.274 e. The predicted octanol–water partition coefficient (Wildman–Crippen LogP) is 4.69. The molecule has 0 unspecified atom stereocenters. The number of carbonyl (C=O) groups is 4. The molecular formula is C34H22F4N4O4. The number of carbonyl (C=O) groups excluding carboxylic acids is 4. The quantitative estimate of drug-likeness (QED) is 0.242. The number of imide groups is 2. The number of amides is 4. The molecule has 12 heteroatoms. The van der Waals surface area contributed by atoms with E-state index in [1.807, 2.05) is 0 Å². The topological polar surface area (TPSA) is 81.2 Å². The first-order valence-electron chi connectivity index (χ1n) is 14.5. The highest BCUT2D eigenvalue weighted by Gasteiger charge is 2.73. The third-order valence-electron chi connectivity index (χ3n) is 9.32. The van der Waals surface area contributed by atoms with Crippen LogP contribution in [0.1, 0.15) is 23.2 Å². The maximum Gasteiger partial charge on any atom is 0.253 e. The van der Waals surface area contributed by atoms with Crippen LogP contribution in [0.5, 0.6) is 0 Å². The molecule has 0 radical (unpaired) electrons. The summed E-state index contributed by atoms with van der Waals surface area (Å²) in [6.07, 6.45) is 0. The average Bonchev–Trinajstić information content (AvgIpc) is 3.71. The van der Waals surface area contributed by atoms with E-state index in [0.29, 0.717) is 11.1 Å². The Hall–Kier alpha value is -5.20. The van der Waals surface area contributed by atoms with E-state index in [0.717, 1.165) is 34.1 Å². The standard InChI is InChI=1S/C34H22F4N4O4/c35-19-5-1-17(2-6-19)27-25-29(33(45)39(31(25)43)23-13-9-21(37)10-14-23)42-28(18-3-7-20(36)8-4-18)26-30(41(27)42)34(46)40(32(26)44)24-15-11-22(38)12-16-24/h1-16,25-30H/t25-,26-,27-,28+,29+,30+/m0/s1. The summed E-state index contributed by atoms with van der Waals surface area (Å²) in [4.78, 5) is 59.0. The van der Waals surface area contributed by atoms with Gasteiger partial charge in [-0.25, -0.2) is 37.4 Å². The van der Waals surface area contributed by atoms with Crippen LogP contribution in [0.2, 0.25) is 0 Å². The minimum atomic E-state index is -1.21. The van der Waals surface area contributed by atoms with Gasteiger partial charge in [-0.15, -0.1) is 0 Å². The smallest absolute Gasteiger partial charge is 0.253 e. The van der Waals surface area contributed by atoms with E-state index < -0.39 is 82.9 Å². The molecule has 4 fully saturated rings. The van der Waals surface area contributed by atoms with Gasteiger partial charge in [-0.05, 0) is 83.9 Å². The predicted molar refractivity (Wildman–Crippen MR) is 154 cm³/mol. The Kier molecular flexibility index (Phi) is 6.25. The monoisotopic (exact) mass is 626 g/mol. The summed E-state index contributed by atoms with van der Waals surface area (Å²) in [6.45, 7) is 0. The van der Waals surface area contributed by atoms with E-state index >= 15 is 0 Å². The van der Waals surface area contributed by atoms with Crippen molar-refractivity contribution in [2.24, 2.45) is 11.8 Å². The maximum atomic E-state index is 14.3. The molecule has 0 aromatic heterocycles. The van der Waals surface area contributed by atoms with Gasteiger partial charge in [-0.2, -0.15) is 0 Å². The molecule has 230 valence electrons. The number of hydrogen-bond donors (Lipinski definition) is 0. The fourth-order valence-corrected chi connectivity index (χ4v) is 7.51. The summed E-state index contributed by atoms with van der Waals surface area (Å²) in [5, 5.41) is 3.14. The van der Waals surface area contributed by atoms with Crippen molar-refractivity contribution in [2.45, 2.75) is 24.2 Å². The summed E-state index contributed by atoms with van der Waals surface area (Å²) in [6, 6.07) is 15.9. The van der Waals surface area contributed by atoms with Crippen LogP contribution in [0.15, 0.2) is 97.1 Å². The lowest BCUT2D eigenvalue weighted by atomic mass is 9.84. The highest BCUT2D eigenvalue weighted by Crippen LogP contribution is 2.59. The molecule has 0 spiro atoms. The van der Waals surface area contributed by atoms with Crippen molar-refractivity contribution in [3.8, 4) is 0 Å². The van der Waals surface area contributed by atoms with Crippen LogP contribution >= 0.6 is 0 Å². The van der Waals surface area contributed by atoms with Gasteiger partial charge in [0.25, 0.3) is 11.8 Å². The van der Waals surface area contributed by atoms with Crippen molar-refractivity contribution < 1.29 is 36.7 Å². The molecule has 4 aromatic rings. The normalized spacial score (nSPS) is 27.5. The number of nitrogens with zero attached hydrogens (tertiary/aromatic N) is 4. The fourth-order valence-electron chi connectivity index (χ4n) is 7.51. The zero-order valence-electron chi connectivity index (χ0n) is 23.6. The molecular weight excluding hydrogens is 604 g/mol. The van der Waals surface area contributed by atoms with Crippen LogP contribution in [0.4, 0.5) is 28.9 Å². The lowest BCUT2D eigenvalue weighted by molar-refractivity contribution is -0.136. The van der Waals surface area contributed by atoms with Crippen LogP contribution in [0.3, 0.4) is 0 Å². The average molecular weight is 627 g/mol. The third kappa shape index (κ3) is 3.93. The first kappa shape index (κ1) is 28.3. The molecule has 0 bridgehead atoms. The van der Waals surface area contributed by atoms with E-state index in [-0.39, 0.29) is 11.4 Å². The summed E-state index contributed by atoms with van der Waals surface area (Å²) >= 11 is 0. The van der Waals surface area contributed by atoms with Crippen molar-refractivity contribution in [1.29, 1.82) is 0 Å². The summed E-state index contributed by atoms with van der Waals surface area (Å²) in [5.41, 5.74) is 1.12. The molecule has 8 nitrogen and oxygen atoms in total. The van der Waals surface area contributed by atoms with E-state index in [4.69, 9.17) is 0 Å². The zero-order valence-corrected chi connectivity index (χ0v) is 23.6. The van der Waals surface area contributed by atoms with Crippen molar-refractivity contribution in [3.63, 3.8) is 0 Å². The van der Waals surface area contributed by atoms with Gasteiger partial charge in [0.15, 0.2) is 0 Å². The lowest BCUT2D eigenvalue weighted by Gasteiger charge is -2.35. The minimum absolute atomic E-state index is 0.141. The molecule has 4 aliphatic heterocycles.